The van der Waals surface area contributed by atoms with E-state index < -0.39 is 0 Å². The summed E-state index contributed by atoms with van der Waals surface area (Å²) in [6, 6.07) is 8.47. The molecule has 1 aliphatic rings. The van der Waals surface area contributed by atoms with E-state index in [4.69, 9.17) is 4.74 Å². The molecule has 2 atom stereocenters. The Bertz CT molecular complexity index is 664. The largest absolute Gasteiger partial charge is 0.462 e. The molecule has 0 aliphatic carbocycles. The number of cyclic esters (lactones) is 1. The van der Waals surface area contributed by atoms with Gasteiger partial charge in [-0.15, -0.1) is 0 Å². The Balaban J connectivity index is 1.81. The number of benzene rings is 1. The van der Waals surface area contributed by atoms with E-state index in [1.165, 1.54) is 17.3 Å². The van der Waals surface area contributed by atoms with E-state index in [1.807, 2.05) is 17.7 Å². The zero-order chi connectivity index (χ0) is 15.7. The van der Waals surface area contributed by atoms with Gasteiger partial charge in [-0.1, -0.05) is 37.7 Å². The molecule has 3 rings (SSSR count). The fraction of sp³-hybridized carbons (Fsp3) is 0.412. The number of thioether (sulfide) groups is 1. The zero-order valence-corrected chi connectivity index (χ0v) is 13.8. The normalized spacial score (nSPS) is 21.4. The number of carbonyl (C=O) groups is 1. The summed E-state index contributed by atoms with van der Waals surface area (Å²) in [6.45, 7) is 6.29. The number of carbonyl (C=O) groups excluding carboxylic acids is 1. The maximum atomic E-state index is 11.8. The highest BCUT2D eigenvalue weighted by atomic mass is 32.2. The summed E-state index contributed by atoms with van der Waals surface area (Å²) in [5.41, 5.74) is 2.37. The van der Waals surface area contributed by atoms with Gasteiger partial charge in [-0.25, -0.2) is 4.98 Å². The van der Waals surface area contributed by atoms with E-state index >= 15 is 0 Å². The number of aromatic nitrogens is 2. The molecule has 0 bridgehead atoms. The molecular formula is C17H20N2O2S. The Morgan fingerprint density at radius 3 is 2.64 bits per heavy atom. The second-order valence-corrected chi connectivity index (χ2v) is 7.09. The first-order chi connectivity index (χ1) is 10.5. The highest BCUT2D eigenvalue weighted by Crippen LogP contribution is 2.32. The van der Waals surface area contributed by atoms with Crippen molar-refractivity contribution >= 4 is 17.7 Å². The lowest BCUT2D eigenvalue weighted by atomic mass is 10.0. The van der Waals surface area contributed by atoms with Crippen molar-refractivity contribution in [2.24, 2.45) is 0 Å². The molecule has 0 saturated carbocycles. The van der Waals surface area contributed by atoms with Gasteiger partial charge in [0.05, 0.1) is 0 Å². The summed E-state index contributed by atoms with van der Waals surface area (Å²) < 4.78 is 7.23. The zero-order valence-electron chi connectivity index (χ0n) is 13.0. The molecule has 1 aromatic heterocycles. The second kappa shape index (κ2) is 6.16. The van der Waals surface area contributed by atoms with Gasteiger partial charge < -0.3 is 4.74 Å². The lowest BCUT2D eigenvalue weighted by Crippen LogP contribution is -2.10. The second-order valence-electron chi connectivity index (χ2n) is 5.92. The minimum atomic E-state index is -0.161. The Morgan fingerprint density at radius 2 is 2.05 bits per heavy atom. The van der Waals surface area contributed by atoms with E-state index in [1.54, 1.807) is 6.20 Å². The SMILES string of the molecule is CC1CC(Sc2nccn2-c2ccc(C(C)C)cc2)C(=O)O1. The van der Waals surface area contributed by atoms with Crippen LogP contribution >= 0.6 is 11.8 Å². The predicted octanol–water partition coefficient (Wildman–Crippen LogP) is 3.79. The third kappa shape index (κ3) is 3.04. The van der Waals surface area contributed by atoms with Crippen molar-refractivity contribution in [1.29, 1.82) is 0 Å². The molecule has 5 heteroatoms. The van der Waals surface area contributed by atoms with Crippen LogP contribution in [0.1, 0.15) is 38.7 Å². The summed E-state index contributed by atoms with van der Waals surface area (Å²) in [5, 5.41) is 0.666. The van der Waals surface area contributed by atoms with Crippen molar-refractivity contribution in [3.63, 3.8) is 0 Å². The maximum absolute atomic E-state index is 11.8. The molecule has 0 radical (unpaired) electrons. The fourth-order valence-electron chi connectivity index (χ4n) is 2.54. The van der Waals surface area contributed by atoms with Gasteiger partial charge in [0.1, 0.15) is 11.4 Å². The molecule has 116 valence electrons. The lowest BCUT2D eigenvalue weighted by molar-refractivity contribution is -0.140. The Morgan fingerprint density at radius 1 is 1.32 bits per heavy atom. The van der Waals surface area contributed by atoms with E-state index in [-0.39, 0.29) is 17.3 Å². The Labute approximate surface area is 134 Å². The van der Waals surface area contributed by atoms with Crippen LogP contribution in [0.5, 0.6) is 0 Å². The van der Waals surface area contributed by atoms with Crippen molar-refractivity contribution in [1.82, 2.24) is 9.55 Å². The van der Waals surface area contributed by atoms with Gasteiger partial charge in [0, 0.05) is 24.5 Å². The minimum absolute atomic E-state index is 0.00117. The first kappa shape index (κ1) is 15.2. The average Bonchev–Trinajstić information content (AvgIpc) is 3.06. The van der Waals surface area contributed by atoms with Crippen LogP contribution in [-0.2, 0) is 9.53 Å². The van der Waals surface area contributed by atoms with Gasteiger partial charge in [-0.05, 0) is 30.5 Å². The number of ether oxygens (including phenoxy) is 1. The molecule has 1 saturated heterocycles. The van der Waals surface area contributed by atoms with E-state index in [0.717, 1.165) is 17.3 Å². The highest BCUT2D eigenvalue weighted by molar-refractivity contribution is 8.00. The molecule has 2 aromatic rings. The van der Waals surface area contributed by atoms with Crippen LogP contribution in [-0.4, -0.2) is 26.9 Å². The molecule has 1 fully saturated rings. The summed E-state index contributed by atoms with van der Waals surface area (Å²) >= 11 is 1.48. The topological polar surface area (TPSA) is 44.1 Å². The first-order valence-electron chi connectivity index (χ1n) is 7.55. The molecule has 2 heterocycles. The molecular weight excluding hydrogens is 296 g/mol. The number of hydrogen-bond donors (Lipinski definition) is 0. The minimum Gasteiger partial charge on any atom is -0.462 e. The molecule has 22 heavy (non-hydrogen) atoms. The average molecular weight is 316 g/mol. The van der Waals surface area contributed by atoms with Crippen LogP contribution in [0.4, 0.5) is 0 Å². The summed E-state index contributed by atoms with van der Waals surface area (Å²) in [4.78, 5) is 16.2. The van der Waals surface area contributed by atoms with Gasteiger partial charge in [0.25, 0.3) is 0 Å². The molecule has 1 aromatic carbocycles. The number of hydrogen-bond acceptors (Lipinski definition) is 4. The third-order valence-electron chi connectivity index (χ3n) is 3.82. The molecule has 0 N–H and O–H groups in total. The van der Waals surface area contributed by atoms with Crippen molar-refractivity contribution in [2.75, 3.05) is 0 Å². The molecule has 1 aliphatic heterocycles. The van der Waals surface area contributed by atoms with E-state index in [2.05, 4.69) is 43.1 Å². The Kier molecular flexibility index (Phi) is 4.25. The van der Waals surface area contributed by atoms with Crippen molar-refractivity contribution in [2.45, 2.75) is 49.6 Å². The summed E-state index contributed by atoms with van der Waals surface area (Å²) in [6.07, 6.45) is 4.43. The summed E-state index contributed by atoms with van der Waals surface area (Å²) in [5.74, 6) is 0.377. The number of esters is 1. The van der Waals surface area contributed by atoms with Crippen LogP contribution in [0, 0.1) is 0 Å². The molecule has 0 spiro atoms. The van der Waals surface area contributed by atoms with Crippen LogP contribution in [0.2, 0.25) is 0 Å². The van der Waals surface area contributed by atoms with Gasteiger partial charge in [0.15, 0.2) is 5.16 Å². The van der Waals surface area contributed by atoms with Gasteiger partial charge in [-0.2, -0.15) is 0 Å². The first-order valence-corrected chi connectivity index (χ1v) is 8.43. The standard InChI is InChI=1S/C17H20N2O2S/c1-11(2)13-4-6-14(7-5-13)19-9-8-18-17(19)22-15-10-12(3)21-16(15)20/h4-9,11-12,15H,10H2,1-3H3. The number of nitrogens with zero attached hydrogens (tertiary/aromatic N) is 2. The molecule has 4 nitrogen and oxygen atoms in total. The van der Waals surface area contributed by atoms with Gasteiger partial charge >= 0.3 is 5.97 Å². The van der Waals surface area contributed by atoms with Crippen LogP contribution in [0.3, 0.4) is 0 Å². The van der Waals surface area contributed by atoms with Crippen LogP contribution in [0.25, 0.3) is 5.69 Å². The highest BCUT2D eigenvalue weighted by Gasteiger charge is 2.33. The van der Waals surface area contributed by atoms with E-state index in [0.29, 0.717) is 5.92 Å². The summed E-state index contributed by atoms with van der Waals surface area (Å²) in [7, 11) is 0. The lowest BCUT2D eigenvalue weighted by Gasteiger charge is -2.11. The molecule has 2 unspecified atom stereocenters. The number of imidazole rings is 1. The monoisotopic (exact) mass is 316 g/mol. The maximum Gasteiger partial charge on any atom is 0.319 e. The van der Waals surface area contributed by atoms with Crippen LogP contribution in [0.15, 0.2) is 41.8 Å². The van der Waals surface area contributed by atoms with Crippen molar-refractivity contribution < 1.29 is 9.53 Å². The van der Waals surface area contributed by atoms with Gasteiger partial charge in [-0.3, -0.25) is 9.36 Å². The third-order valence-corrected chi connectivity index (χ3v) is 5.00. The number of rotatable bonds is 4. The van der Waals surface area contributed by atoms with Gasteiger partial charge in [0.2, 0.25) is 0 Å². The van der Waals surface area contributed by atoms with Crippen molar-refractivity contribution in [3.8, 4) is 5.69 Å². The molecule has 0 amide bonds. The fourth-order valence-corrected chi connectivity index (χ4v) is 3.71. The predicted molar refractivity (Wildman–Crippen MR) is 87.5 cm³/mol. The smallest absolute Gasteiger partial charge is 0.319 e. The van der Waals surface area contributed by atoms with Crippen LogP contribution < -0.4 is 0 Å². The Hall–Kier alpha value is -1.75. The quantitative estimate of drug-likeness (QED) is 0.805. The van der Waals surface area contributed by atoms with Crippen molar-refractivity contribution in [3.05, 3.63) is 42.2 Å². The van der Waals surface area contributed by atoms with E-state index in [9.17, 15) is 4.79 Å².